The minimum absolute atomic E-state index is 0.114. The van der Waals surface area contributed by atoms with E-state index in [-0.39, 0.29) is 12.0 Å². The number of hydrogen-bond donors (Lipinski definition) is 7. The molecule has 2 aliphatic rings. The van der Waals surface area contributed by atoms with E-state index in [4.69, 9.17) is 18.9 Å². The van der Waals surface area contributed by atoms with Crippen molar-refractivity contribution in [1.29, 1.82) is 0 Å². The average molecular weight is 475 g/mol. The summed E-state index contributed by atoms with van der Waals surface area (Å²) in [7, 11) is 0. The zero-order valence-corrected chi connectivity index (χ0v) is 18.8. The Kier molecular flexibility index (Phi) is 8.01. The molecule has 2 heterocycles. The zero-order chi connectivity index (χ0) is 24.6. The summed E-state index contributed by atoms with van der Waals surface area (Å²) in [6.45, 7) is 4.32. The average Bonchev–Trinajstić information content (AvgIpc) is 3.03. The smallest absolute Gasteiger partial charge is 0.224 e. The first-order valence-electron chi connectivity index (χ1n) is 10.8. The fourth-order valence-electron chi connectivity index (χ4n) is 3.85. The van der Waals surface area contributed by atoms with Crippen LogP contribution >= 0.6 is 0 Å². The fraction of sp³-hybridized carbons (Fsp3) is 0.727. The molecule has 0 radical (unpaired) electrons. The van der Waals surface area contributed by atoms with Gasteiger partial charge in [0.2, 0.25) is 5.79 Å². The van der Waals surface area contributed by atoms with Gasteiger partial charge < -0.3 is 54.7 Å². The molecule has 0 aliphatic carbocycles. The highest BCUT2D eigenvalue weighted by atomic mass is 16.8. The highest BCUT2D eigenvalue weighted by Crippen LogP contribution is 2.36. The van der Waals surface area contributed by atoms with Gasteiger partial charge in [-0.1, -0.05) is 32.9 Å². The van der Waals surface area contributed by atoms with Crippen molar-refractivity contribution >= 4 is 0 Å². The van der Waals surface area contributed by atoms with E-state index >= 15 is 0 Å². The molecule has 33 heavy (non-hydrogen) atoms. The summed E-state index contributed by atoms with van der Waals surface area (Å²) in [5.74, 6) is -1.72. The summed E-state index contributed by atoms with van der Waals surface area (Å²) < 4.78 is 22.1. The van der Waals surface area contributed by atoms with Crippen molar-refractivity contribution < 1.29 is 54.7 Å². The lowest BCUT2D eigenvalue weighted by atomic mass is 9.87. The van der Waals surface area contributed by atoms with Crippen LogP contribution in [-0.4, -0.2) is 110 Å². The monoisotopic (exact) mass is 474 g/mol. The van der Waals surface area contributed by atoms with E-state index in [0.29, 0.717) is 5.75 Å². The number of rotatable bonds is 7. The minimum atomic E-state index is -2.23. The molecule has 11 nitrogen and oxygen atoms in total. The van der Waals surface area contributed by atoms with Gasteiger partial charge in [-0.2, -0.15) is 0 Å². The Labute approximate surface area is 191 Å². The molecule has 7 N–H and O–H groups in total. The van der Waals surface area contributed by atoms with E-state index < -0.39 is 68.0 Å². The van der Waals surface area contributed by atoms with Crippen LogP contribution in [0.25, 0.3) is 0 Å². The molecule has 0 unspecified atom stereocenters. The quantitative estimate of drug-likeness (QED) is 0.232. The summed E-state index contributed by atoms with van der Waals surface area (Å²) in [6.07, 6.45) is -12.4. The molecule has 11 heteroatoms. The van der Waals surface area contributed by atoms with Crippen molar-refractivity contribution in [3.8, 4) is 5.75 Å². The molecular weight excluding hydrogens is 440 g/mol. The third-order valence-electron chi connectivity index (χ3n) is 6.00. The van der Waals surface area contributed by atoms with Crippen LogP contribution in [0.5, 0.6) is 5.75 Å². The molecule has 2 aliphatic heterocycles. The molecule has 0 amide bonds. The molecule has 188 valence electrons. The van der Waals surface area contributed by atoms with E-state index in [1.807, 2.05) is 18.2 Å². The molecule has 1 aromatic carbocycles. The number of aliphatic hydroxyl groups is 7. The second kappa shape index (κ2) is 10.1. The van der Waals surface area contributed by atoms with E-state index in [1.54, 1.807) is 6.07 Å². The number of hydrogen-bond acceptors (Lipinski definition) is 11. The summed E-state index contributed by atoms with van der Waals surface area (Å²) >= 11 is 0. The molecule has 2 fully saturated rings. The fourth-order valence-corrected chi connectivity index (χ4v) is 3.85. The van der Waals surface area contributed by atoms with Crippen LogP contribution in [0.3, 0.4) is 0 Å². The molecule has 0 saturated carbocycles. The lowest BCUT2D eigenvalue weighted by Gasteiger charge is -2.43. The first kappa shape index (κ1) is 26.2. The summed E-state index contributed by atoms with van der Waals surface area (Å²) in [4.78, 5) is 0. The molecule has 1 aromatic rings. The van der Waals surface area contributed by atoms with Crippen LogP contribution in [0.15, 0.2) is 24.3 Å². The largest absolute Gasteiger partial charge is 0.491 e. The van der Waals surface area contributed by atoms with Gasteiger partial charge in [0, 0.05) is 0 Å². The third kappa shape index (κ3) is 5.33. The van der Waals surface area contributed by atoms with Crippen LogP contribution in [0.1, 0.15) is 26.3 Å². The number of benzene rings is 1. The minimum Gasteiger partial charge on any atom is -0.491 e. The Morgan fingerprint density at radius 3 is 2.21 bits per heavy atom. The second-order valence-corrected chi connectivity index (χ2v) is 9.47. The van der Waals surface area contributed by atoms with Crippen molar-refractivity contribution in [1.82, 2.24) is 0 Å². The lowest BCUT2D eigenvalue weighted by Crippen LogP contribution is -2.63. The Morgan fingerprint density at radius 1 is 0.939 bits per heavy atom. The van der Waals surface area contributed by atoms with E-state index in [2.05, 4.69) is 20.8 Å². The Morgan fingerprint density at radius 2 is 1.64 bits per heavy atom. The molecular formula is C22H34O11. The van der Waals surface area contributed by atoms with Crippen LogP contribution in [0.4, 0.5) is 0 Å². The molecule has 3 rings (SSSR count). The van der Waals surface area contributed by atoms with Crippen molar-refractivity contribution in [2.45, 2.75) is 81.0 Å². The van der Waals surface area contributed by atoms with Crippen molar-refractivity contribution in [3.63, 3.8) is 0 Å². The molecule has 9 atom stereocenters. The maximum atomic E-state index is 10.4. The molecule has 0 aromatic heterocycles. The van der Waals surface area contributed by atoms with Crippen molar-refractivity contribution in [2.24, 2.45) is 0 Å². The first-order chi connectivity index (χ1) is 15.4. The second-order valence-electron chi connectivity index (χ2n) is 9.47. The zero-order valence-electron chi connectivity index (χ0n) is 18.8. The maximum absolute atomic E-state index is 10.4. The predicted molar refractivity (Wildman–Crippen MR) is 112 cm³/mol. The van der Waals surface area contributed by atoms with Crippen LogP contribution in [-0.2, 0) is 19.6 Å². The van der Waals surface area contributed by atoms with Gasteiger partial charge in [0.25, 0.3) is 0 Å². The summed E-state index contributed by atoms with van der Waals surface area (Å²) in [5.41, 5.74) is 0.910. The third-order valence-corrected chi connectivity index (χ3v) is 6.00. The highest BCUT2D eigenvalue weighted by molar-refractivity contribution is 5.32. The maximum Gasteiger partial charge on any atom is 0.224 e. The SMILES string of the molecule is CC(C)(C)c1cccc(OC[C@H]2O[C@H](O[C@]3(CO)O[C@H](CO)[C@@H](O)[C@@H]3O)[C@H](O)[C@@H](O)[C@@H]2O)c1. The summed E-state index contributed by atoms with van der Waals surface area (Å²) in [5, 5.41) is 70.4. The molecule has 0 spiro atoms. The molecule has 2 saturated heterocycles. The van der Waals surface area contributed by atoms with Gasteiger partial charge in [-0.25, -0.2) is 0 Å². The predicted octanol–water partition coefficient (Wildman–Crippen LogP) is -2.01. The van der Waals surface area contributed by atoms with E-state index in [0.717, 1.165) is 5.56 Å². The highest BCUT2D eigenvalue weighted by Gasteiger charge is 2.58. The Balaban J connectivity index is 1.72. The van der Waals surface area contributed by atoms with E-state index in [9.17, 15) is 35.7 Å². The number of aliphatic hydroxyl groups excluding tert-OH is 7. The van der Waals surface area contributed by atoms with Gasteiger partial charge in [-0.3, -0.25) is 0 Å². The van der Waals surface area contributed by atoms with Crippen LogP contribution < -0.4 is 4.74 Å². The van der Waals surface area contributed by atoms with Crippen molar-refractivity contribution in [2.75, 3.05) is 19.8 Å². The lowest BCUT2D eigenvalue weighted by molar-refractivity contribution is -0.383. The van der Waals surface area contributed by atoms with E-state index in [1.165, 1.54) is 0 Å². The van der Waals surface area contributed by atoms with Gasteiger partial charge in [0.1, 0.15) is 61.7 Å². The first-order valence-corrected chi connectivity index (χ1v) is 10.8. The summed E-state index contributed by atoms with van der Waals surface area (Å²) in [6, 6.07) is 7.35. The number of ether oxygens (including phenoxy) is 4. The molecule has 0 bridgehead atoms. The van der Waals surface area contributed by atoms with Crippen LogP contribution in [0, 0.1) is 0 Å². The topological polar surface area (TPSA) is 179 Å². The van der Waals surface area contributed by atoms with Gasteiger partial charge in [0.05, 0.1) is 6.61 Å². The Bertz CT molecular complexity index is 784. The van der Waals surface area contributed by atoms with Gasteiger partial charge in [-0.05, 0) is 23.1 Å². The normalized spacial score (nSPS) is 39.6. The van der Waals surface area contributed by atoms with Gasteiger partial charge in [-0.15, -0.1) is 0 Å². The van der Waals surface area contributed by atoms with Gasteiger partial charge >= 0.3 is 0 Å². The Hall–Kier alpha value is -1.38. The van der Waals surface area contributed by atoms with Gasteiger partial charge in [0.15, 0.2) is 6.29 Å². The standard InChI is InChI=1S/C22H34O11/c1-21(2,3)11-5-4-6-12(7-11)30-9-14-15(25)17(27)18(28)20(31-14)33-22(10-24)19(29)16(26)13(8-23)32-22/h4-7,13-20,23-29H,8-10H2,1-3H3/t13-,14-,15-,16-,17+,18-,19+,20-,22+/m1/s1. The van der Waals surface area contributed by atoms with Crippen molar-refractivity contribution in [3.05, 3.63) is 29.8 Å². The van der Waals surface area contributed by atoms with Crippen LogP contribution in [0.2, 0.25) is 0 Å².